The highest BCUT2D eigenvalue weighted by Gasteiger charge is 2.23. The summed E-state index contributed by atoms with van der Waals surface area (Å²) in [5, 5.41) is 38.9. The normalized spacial score (nSPS) is 20.7. The zero-order valence-corrected chi connectivity index (χ0v) is 16.7. The van der Waals surface area contributed by atoms with E-state index in [4.69, 9.17) is 5.11 Å². The van der Waals surface area contributed by atoms with Crippen molar-refractivity contribution in [2.45, 2.75) is 82.0 Å². The van der Waals surface area contributed by atoms with Crippen LogP contribution in [-0.4, -0.2) is 50.6 Å². The number of Topliss-reactive ketones (excluding diaryl/α,β-unsaturated/α-hetero) is 1. The maximum Gasteiger partial charge on any atom is 0.158 e. The summed E-state index contributed by atoms with van der Waals surface area (Å²) in [7, 11) is 0. The highest BCUT2D eigenvalue weighted by Crippen LogP contribution is 2.27. The number of ketones is 1. The lowest BCUT2D eigenvalue weighted by Crippen LogP contribution is -2.26. The molecule has 2 atom stereocenters. The first-order chi connectivity index (χ1) is 13.5. The molecule has 0 radical (unpaired) electrons. The third kappa shape index (κ3) is 11.3. The van der Waals surface area contributed by atoms with E-state index >= 15 is 0 Å². The van der Waals surface area contributed by atoms with Gasteiger partial charge in [-0.05, 0) is 25.7 Å². The van der Waals surface area contributed by atoms with Gasteiger partial charge in [-0.25, -0.2) is 0 Å². The van der Waals surface area contributed by atoms with Crippen molar-refractivity contribution in [2.24, 2.45) is 0 Å². The molecule has 0 heterocycles. The van der Waals surface area contributed by atoms with Crippen molar-refractivity contribution in [3.8, 4) is 0 Å². The summed E-state index contributed by atoms with van der Waals surface area (Å²) >= 11 is 0. The maximum absolute atomic E-state index is 11.0. The van der Waals surface area contributed by atoms with Crippen LogP contribution < -0.4 is 0 Å². The largest absolute Gasteiger partial charge is 0.390 e. The van der Waals surface area contributed by atoms with Gasteiger partial charge in [0.15, 0.2) is 5.78 Å². The minimum absolute atomic E-state index is 0.206. The van der Waals surface area contributed by atoms with Crippen molar-refractivity contribution in [1.29, 1.82) is 0 Å². The lowest BCUT2D eigenvalue weighted by atomic mass is 9.87. The van der Waals surface area contributed by atoms with E-state index in [-0.39, 0.29) is 12.2 Å². The highest BCUT2D eigenvalue weighted by molar-refractivity contribution is 5.79. The zero-order chi connectivity index (χ0) is 20.7. The minimum atomic E-state index is -0.994. The van der Waals surface area contributed by atoms with E-state index in [2.05, 4.69) is 0 Å². The molecule has 0 spiro atoms. The summed E-state index contributed by atoms with van der Waals surface area (Å²) < 4.78 is 0. The van der Waals surface area contributed by atoms with E-state index in [0.717, 1.165) is 25.7 Å². The number of allylic oxidation sites excluding steroid dienone is 6. The molecule has 1 fully saturated rings. The molecule has 5 heteroatoms. The molecule has 0 unspecified atom stereocenters. The fourth-order valence-corrected chi connectivity index (χ4v) is 3.24. The standard InChI is InChI=1S/C23H36O5/c24-19-20(25)13-12-15-22(27)21(26)14-8-4-1-2-5-9-16-23(28)17-10-6-3-7-11-18-23/h1-2,4-5,8-9,14,16,21-22,24,26-28H,3,6-7,10-13,15,17-19H2/b4-1+,5-2-,14-8+,16-9+/t21-,22+/m1/s1. The van der Waals surface area contributed by atoms with Gasteiger partial charge in [0.25, 0.3) is 0 Å². The van der Waals surface area contributed by atoms with Crippen molar-refractivity contribution in [3.05, 3.63) is 48.6 Å². The van der Waals surface area contributed by atoms with Crippen LogP contribution in [0.5, 0.6) is 0 Å². The van der Waals surface area contributed by atoms with Crippen molar-refractivity contribution < 1.29 is 25.2 Å². The Morgan fingerprint density at radius 2 is 1.46 bits per heavy atom. The molecular weight excluding hydrogens is 356 g/mol. The van der Waals surface area contributed by atoms with Crippen LogP contribution in [0.4, 0.5) is 0 Å². The number of aliphatic hydroxyl groups is 4. The van der Waals surface area contributed by atoms with Gasteiger partial charge < -0.3 is 20.4 Å². The van der Waals surface area contributed by atoms with Gasteiger partial charge in [0.2, 0.25) is 0 Å². The quantitative estimate of drug-likeness (QED) is 0.405. The molecule has 0 aromatic rings. The molecule has 1 rings (SSSR count). The summed E-state index contributed by atoms with van der Waals surface area (Å²) in [6.07, 6.45) is 20.7. The van der Waals surface area contributed by atoms with Crippen LogP contribution >= 0.6 is 0 Å². The van der Waals surface area contributed by atoms with Crippen molar-refractivity contribution in [1.82, 2.24) is 0 Å². The third-order valence-corrected chi connectivity index (χ3v) is 5.02. The van der Waals surface area contributed by atoms with Crippen LogP contribution in [0.2, 0.25) is 0 Å². The molecule has 158 valence electrons. The Hall–Kier alpha value is -1.53. The maximum atomic E-state index is 11.0. The fraction of sp³-hybridized carbons (Fsp3) is 0.609. The number of carbonyl (C=O) groups excluding carboxylic acids is 1. The highest BCUT2D eigenvalue weighted by atomic mass is 16.3. The Morgan fingerprint density at radius 1 is 0.893 bits per heavy atom. The molecule has 0 bridgehead atoms. The van der Waals surface area contributed by atoms with Gasteiger partial charge in [0, 0.05) is 6.42 Å². The van der Waals surface area contributed by atoms with Gasteiger partial charge in [-0.2, -0.15) is 0 Å². The van der Waals surface area contributed by atoms with Gasteiger partial charge in [-0.3, -0.25) is 4.79 Å². The van der Waals surface area contributed by atoms with E-state index in [9.17, 15) is 20.1 Å². The van der Waals surface area contributed by atoms with Gasteiger partial charge in [-0.1, -0.05) is 80.7 Å². The van der Waals surface area contributed by atoms with Gasteiger partial charge in [0.1, 0.15) is 6.61 Å². The predicted octanol–water partition coefficient (Wildman–Crippen LogP) is 3.14. The fourth-order valence-electron chi connectivity index (χ4n) is 3.24. The van der Waals surface area contributed by atoms with E-state index in [1.54, 1.807) is 12.2 Å². The van der Waals surface area contributed by atoms with Gasteiger partial charge >= 0.3 is 0 Å². The first-order valence-corrected chi connectivity index (χ1v) is 10.4. The molecule has 28 heavy (non-hydrogen) atoms. The minimum Gasteiger partial charge on any atom is -0.390 e. The zero-order valence-electron chi connectivity index (χ0n) is 16.7. The summed E-state index contributed by atoms with van der Waals surface area (Å²) in [5.41, 5.74) is -0.684. The van der Waals surface area contributed by atoms with E-state index in [0.29, 0.717) is 12.8 Å². The topological polar surface area (TPSA) is 98.0 Å². The van der Waals surface area contributed by atoms with Crippen LogP contribution in [0, 0.1) is 0 Å². The Morgan fingerprint density at radius 3 is 2.11 bits per heavy atom. The average Bonchev–Trinajstić information content (AvgIpc) is 2.66. The SMILES string of the molecule is O=C(CO)CCC[C@H](O)[C@H](O)/C=C/C=C/C=C\C=C\C1(O)CCCCCCC1. The molecule has 0 aliphatic heterocycles. The Balaban J connectivity index is 2.30. The molecule has 0 aromatic carbocycles. The van der Waals surface area contributed by atoms with E-state index in [1.165, 1.54) is 25.3 Å². The van der Waals surface area contributed by atoms with E-state index in [1.807, 2.05) is 30.4 Å². The third-order valence-electron chi connectivity index (χ3n) is 5.02. The van der Waals surface area contributed by atoms with Crippen LogP contribution in [0.15, 0.2) is 48.6 Å². The number of hydrogen-bond donors (Lipinski definition) is 4. The molecular formula is C23H36O5. The van der Waals surface area contributed by atoms with Crippen LogP contribution in [0.25, 0.3) is 0 Å². The monoisotopic (exact) mass is 392 g/mol. The summed E-state index contributed by atoms with van der Waals surface area (Å²) in [6, 6.07) is 0. The lowest BCUT2D eigenvalue weighted by molar-refractivity contribution is -0.122. The summed E-state index contributed by atoms with van der Waals surface area (Å²) in [4.78, 5) is 11.0. The van der Waals surface area contributed by atoms with Gasteiger partial charge in [0.05, 0.1) is 17.8 Å². The number of hydrogen-bond acceptors (Lipinski definition) is 5. The van der Waals surface area contributed by atoms with E-state index < -0.39 is 24.4 Å². The van der Waals surface area contributed by atoms with Gasteiger partial charge in [-0.15, -0.1) is 0 Å². The van der Waals surface area contributed by atoms with Crippen LogP contribution in [-0.2, 0) is 4.79 Å². The molecule has 0 aromatic heterocycles. The summed E-state index contributed by atoms with van der Waals surface area (Å²) in [5.74, 6) is -0.261. The molecule has 1 aliphatic carbocycles. The number of aliphatic hydroxyl groups excluding tert-OH is 3. The molecule has 1 aliphatic rings. The Bertz CT molecular complexity index is 539. The first kappa shape index (κ1) is 24.5. The second kappa shape index (κ2) is 14.5. The van der Waals surface area contributed by atoms with Crippen molar-refractivity contribution in [3.63, 3.8) is 0 Å². The Kier molecular flexibility index (Phi) is 12.7. The molecule has 5 nitrogen and oxygen atoms in total. The second-order valence-corrected chi connectivity index (χ2v) is 7.53. The molecule has 0 amide bonds. The second-order valence-electron chi connectivity index (χ2n) is 7.53. The Labute approximate surface area is 168 Å². The predicted molar refractivity (Wildman–Crippen MR) is 112 cm³/mol. The molecule has 1 saturated carbocycles. The van der Waals surface area contributed by atoms with Crippen LogP contribution in [0.3, 0.4) is 0 Å². The van der Waals surface area contributed by atoms with Crippen molar-refractivity contribution in [2.75, 3.05) is 6.61 Å². The number of rotatable bonds is 11. The first-order valence-electron chi connectivity index (χ1n) is 10.4. The number of carbonyl (C=O) groups is 1. The van der Waals surface area contributed by atoms with Crippen LogP contribution in [0.1, 0.15) is 64.2 Å². The lowest BCUT2D eigenvalue weighted by Gasteiger charge is -2.26. The summed E-state index contributed by atoms with van der Waals surface area (Å²) in [6.45, 7) is -0.481. The molecule has 4 N–H and O–H groups in total. The molecule has 0 saturated heterocycles. The smallest absolute Gasteiger partial charge is 0.158 e. The average molecular weight is 393 g/mol. The van der Waals surface area contributed by atoms with Crippen molar-refractivity contribution >= 4 is 5.78 Å².